The van der Waals surface area contributed by atoms with Crippen LogP contribution in [0.15, 0.2) is 17.6 Å². The molecular weight excluding hydrogens is 176 g/mol. The minimum absolute atomic E-state index is 0.546. The number of thioether (sulfide) groups is 1. The smallest absolute Gasteiger partial charge is 0.326 e. The van der Waals surface area contributed by atoms with Gasteiger partial charge < -0.3 is 9.67 Å². The molecule has 1 rings (SSSR count). The molecule has 0 saturated heterocycles. The van der Waals surface area contributed by atoms with Gasteiger partial charge in [0.15, 0.2) is 5.16 Å². The van der Waals surface area contributed by atoms with Crippen molar-refractivity contribution in [2.75, 3.05) is 6.26 Å². The van der Waals surface area contributed by atoms with Gasteiger partial charge in [0, 0.05) is 12.4 Å². The van der Waals surface area contributed by atoms with Gasteiger partial charge in [-0.15, -0.1) is 0 Å². The second-order valence-corrected chi connectivity index (χ2v) is 3.11. The lowest BCUT2D eigenvalue weighted by Gasteiger charge is -2.09. The molecule has 0 fully saturated rings. The minimum atomic E-state index is -0.844. The number of carboxylic acid groups (broad SMARTS) is 1. The van der Waals surface area contributed by atoms with Crippen molar-refractivity contribution in [3.8, 4) is 0 Å². The highest BCUT2D eigenvalue weighted by atomic mass is 32.2. The van der Waals surface area contributed by atoms with Crippen molar-refractivity contribution in [2.24, 2.45) is 0 Å². The molecule has 0 unspecified atom stereocenters. The molecule has 0 aromatic carbocycles. The van der Waals surface area contributed by atoms with Gasteiger partial charge in [-0.3, -0.25) is 0 Å². The standard InChI is InChI=1S/C7H10N2O2S/c1-5(6(10)11)9-4-3-8-7(9)12-2/h3-5H,1-2H3,(H,10,11)/t5-/m0/s1. The highest BCUT2D eigenvalue weighted by molar-refractivity contribution is 7.98. The monoisotopic (exact) mass is 186 g/mol. The number of imidazole rings is 1. The Hall–Kier alpha value is -0.970. The van der Waals surface area contributed by atoms with E-state index in [1.165, 1.54) is 11.8 Å². The van der Waals surface area contributed by atoms with Gasteiger partial charge in [0.05, 0.1) is 0 Å². The third kappa shape index (κ3) is 1.61. The quantitative estimate of drug-likeness (QED) is 0.722. The predicted molar refractivity (Wildman–Crippen MR) is 46.4 cm³/mol. The molecule has 1 heterocycles. The Kier molecular flexibility index (Phi) is 2.75. The molecule has 1 aromatic heterocycles. The largest absolute Gasteiger partial charge is 0.480 e. The van der Waals surface area contributed by atoms with Crippen molar-refractivity contribution in [1.29, 1.82) is 0 Å². The predicted octanol–water partition coefficient (Wildman–Crippen LogP) is 1.25. The van der Waals surface area contributed by atoms with Crippen LogP contribution in [0.1, 0.15) is 13.0 Å². The molecule has 0 spiro atoms. The Morgan fingerprint density at radius 1 is 1.83 bits per heavy atom. The van der Waals surface area contributed by atoms with Crippen molar-refractivity contribution in [3.05, 3.63) is 12.4 Å². The molecule has 0 amide bonds. The Balaban J connectivity index is 2.93. The first-order chi connectivity index (χ1) is 5.66. The number of carbonyl (C=O) groups is 1. The topological polar surface area (TPSA) is 55.1 Å². The fourth-order valence-electron chi connectivity index (χ4n) is 0.871. The van der Waals surface area contributed by atoms with Crippen LogP contribution in [0.3, 0.4) is 0 Å². The zero-order valence-electron chi connectivity index (χ0n) is 6.89. The van der Waals surface area contributed by atoms with Crippen LogP contribution in [0.5, 0.6) is 0 Å². The van der Waals surface area contributed by atoms with E-state index in [1.807, 2.05) is 6.26 Å². The van der Waals surface area contributed by atoms with Crippen LogP contribution in [0.4, 0.5) is 0 Å². The van der Waals surface area contributed by atoms with Crippen LogP contribution in [0.2, 0.25) is 0 Å². The normalized spacial score (nSPS) is 12.8. The zero-order chi connectivity index (χ0) is 9.14. The summed E-state index contributed by atoms with van der Waals surface area (Å²) in [6.07, 6.45) is 5.14. The number of aromatic nitrogens is 2. The fourth-order valence-corrected chi connectivity index (χ4v) is 1.47. The van der Waals surface area contributed by atoms with Crippen LogP contribution in [-0.4, -0.2) is 26.9 Å². The fraction of sp³-hybridized carbons (Fsp3) is 0.429. The van der Waals surface area contributed by atoms with Crippen LogP contribution >= 0.6 is 11.8 Å². The molecule has 66 valence electrons. The van der Waals surface area contributed by atoms with E-state index in [9.17, 15) is 4.79 Å². The average Bonchev–Trinajstić information content (AvgIpc) is 2.49. The van der Waals surface area contributed by atoms with E-state index < -0.39 is 12.0 Å². The molecule has 0 saturated carbocycles. The van der Waals surface area contributed by atoms with Crippen molar-refractivity contribution < 1.29 is 9.90 Å². The van der Waals surface area contributed by atoms with E-state index in [4.69, 9.17) is 5.11 Å². The van der Waals surface area contributed by atoms with E-state index in [1.54, 1.807) is 23.9 Å². The van der Waals surface area contributed by atoms with E-state index in [0.29, 0.717) is 0 Å². The van der Waals surface area contributed by atoms with Gasteiger partial charge in [0.2, 0.25) is 0 Å². The lowest BCUT2D eigenvalue weighted by atomic mass is 10.3. The summed E-state index contributed by atoms with van der Waals surface area (Å²) in [4.78, 5) is 14.6. The first-order valence-corrected chi connectivity index (χ1v) is 4.69. The van der Waals surface area contributed by atoms with Gasteiger partial charge in [-0.1, -0.05) is 11.8 Å². The lowest BCUT2D eigenvalue weighted by Crippen LogP contribution is -2.15. The molecule has 0 aliphatic carbocycles. The molecule has 1 atom stereocenters. The van der Waals surface area contributed by atoms with Gasteiger partial charge >= 0.3 is 5.97 Å². The highest BCUT2D eigenvalue weighted by Crippen LogP contribution is 2.17. The average molecular weight is 186 g/mol. The Morgan fingerprint density at radius 3 is 3.00 bits per heavy atom. The molecule has 1 aromatic rings. The molecule has 0 aliphatic heterocycles. The summed E-state index contributed by atoms with van der Waals surface area (Å²) < 4.78 is 1.63. The Morgan fingerprint density at radius 2 is 2.50 bits per heavy atom. The van der Waals surface area contributed by atoms with Crippen LogP contribution in [0.25, 0.3) is 0 Å². The van der Waals surface area contributed by atoms with Crippen molar-refractivity contribution in [3.63, 3.8) is 0 Å². The molecule has 12 heavy (non-hydrogen) atoms. The summed E-state index contributed by atoms with van der Waals surface area (Å²) in [5, 5.41) is 9.44. The van der Waals surface area contributed by atoms with Gasteiger partial charge in [-0.2, -0.15) is 0 Å². The molecule has 0 bridgehead atoms. The summed E-state index contributed by atoms with van der Waals surface area (Å²) in [5.74, 6) is -0.844. The summed E-state index contributed by atoms with van der Waals surface area (Å²) >= 11 is 1.44. The van der Waals surface area contributed by atoms with E-state index in [2.05, 4.69) is 4.98 Å². The van der Waals surface area contributed by atoms with Crippen molar-refractivity contribution in [2.45, 2.75) is 18.1 Å². The summed E-state index contributed by atoms with van der Waals surface area (Å²) in [5.41, 5.74) is 0. The second-order valence-electron chi connectivity index (χ2n) is 2.34. The van der Waals surface area contributed by atoms with Gasteiger partial charge in [-0.05, 0) is 13.2 Å². The summed E-state index contributed by atoms with van der Waals surface area (Å²) in [6.45, 7) is 1.63. The van der Waals surface area contributed by atoms with Gasteiger partial charge in [0.25, 0.3) is 0 Å². The van der Waals surface area contributed by atoms with Gasteiger partial charge in [-0.25, -0.2) is 9.78 Å². The second kappa shape index (κ2) is 3.62. The third-order valence-electron chi connectivity index (χ3n) is 1.59. The molecule has 5 heteroatoms. The van der Waals surface area contributed by atoms with Gasteiger partial charge in [0.1, 0.15) is 6.04 Å². The summed E-state index contributed by atoms with van der Waals surface area (Å²) in [7, 11) is 0. The summed E-state index contributed by atoms with van der Waals surface area (Å²) in [6, 6.07) is -0.546. The lowest BCUT2D eigenvalue weighted by molar-refractivity contribution is -0.140. The first kappa shape index (κ1) is 9.12. The Bertz CT molecular complexity index is 285. The molecular formula is C7H10N2O2S. The highest BCUT2D eigenvalue weighted by Gasteiger charge is 2.15. The number of nitrogens with zero attached hydrogens (tertiary/aromatic N) is 2. The van der Waals surface area contributed by atoms with Crippen LogP contribution < -0.4 is 0 Å². The number of hydrogen-bond donors (Lipinski definition) is 1. The van der Waals surface area contributed by atoms with E-state index in [-0.39, 0.29) is 0 Å². The minimum Gasteiger partial charge on any atom is -0.480 e. The zero-order valence-corrected chi connectivity index (χ0v) is 7.71. The van der Waals surface area contributed by atoms with E-state index in [0.717, 1.165) is 5.16 Å². The number of aliphatic carboxylic acids is 1. The third-order valence-corrected chi connectivity index (χ3v) is 2.27. The molecule has 0 aliphatic rings. The Labute approximate surface area is 74.6 Å². The first-order valence-electron chi connectivity index (χ1n) is 3.46. The number of rotatable bonds is 3. The van der Waals surface area contributed by atoms with Crippen LogP contribution in [-0.2, 0) is 4.79 Å². The number of hydrogen-bond acceptors (Lipinski definition) is 3. The van der Waals surface area contributed by atoms with Crippen molar-refractivity contribution >= 4 is 17.7 Å². The van der Waals surface area contributed by atoms with E-state index >= 15 is 0 Å². The maximum Gasteiger partial charge on any atom is 0.326 e. The molecule has 1 N–H and O–H groups in total. The maximum atomic E-state index is 10.6. The van der Waals surface area contributed by atoms with Crippen molar-refractivity contribution in [1.82, 2.24) is 9.55 Å². The molecule has 4 nitrogen and oxygen atoms in total. The number of carboxylic acids is 1. The SMILES string of the molecule is CSc1nccn1[C@@H](C)C(=O)O. The van der Waals surface area contributed by atoms with Crippen LogP contribution in [0, 0.1) is 0 Å². The molecule has 0 radical (unpaired) electrons. The maximum absolute atomic E-state index is 10.6.